The normalized spacial score (nSPS) is 39.0. The summed E-state index contributed by atoms with van der Waals surface area (Å²) in [5.41, 5.74) is -0.509. The zero-order valence-corrected chi connectivity index (χ0v) is 6.87. The van der Waals surface area contributed by atoms with E-state index < -0.39 is 5.60 Å². The van der Waals surface area contributed by atoms with Gasteiger partial charge in [0.15, 0.2) is 5.60 Å². The Balaban J connectivity index is 2.42. The molecule has 2 N–H and O–H groups in total. The highest BCUT2D eigenvalue weighted by Gasteiger charge is 2.45. The zero-order chi connectivity index (χ0) is 8.77. The fourth-order valence-corrected chi connectivity index (χ4v) is 1.70. The van der Waals surface area contributed by atoms with E-state index in [1.165, 1.54) is 6.92 Å². The molecule has 0 saturated carbocycles. The van der Waals surface area contributed by atoms with Crippen LogP contribution in [0.1, 0.15) is 13.3 Å². The second-order valence-electron chi connectivity index (χ2n) is 3.38. The summed E-state index contributed by atoms with van der Waals surface area (Å²) in [6, 6.07) is 0.0116. The largest absolute Gasteiger partial charge is 0.376 e. The number of hydrogen-bond acceptors (Lipinski definition) is 2. The molecule has 1 aliphatic carbocycles. The van der Waals surface area contributed by atoms with Gasteiger partial charge >= 0.3 is 0 Å². The molecular formula is C9H11NO2. The molecule has 64 valence electrons. The molecule has 2 aliphatic rings. The molecule has 0 aromatic carbocycles. The van der Waals surface area contributed by atoms with Crippen LogP contribution in [0.3, 0.4) is 0 Å². The highest BCUT2D eigenvalue weighted by molar-refractivity contribution is 5.92. The van der Waals surface area contributed by atoms with Crippen molar-refractivity contribution in [2.75, 3.05) is 0 Å². The summed E-state index contributed by atoms with van der Waals surface area (Å²) >= 11 is 0. The lowest BCUT2D eigenvalue weighted by molar-refractivity contribution is -0.131. The van der Waals surface area contributed by atoms with Crippen molar-refractivity contribution in [1.82, 2.24) is 5.32 Å². The van der Waals surface area contributed by atoms with Crippen molar-refractivity contribution in [3.63, 3.8) is 0 Å². The van der Waals surface area contributed by atoms with Crippen LogP contribution in [-0.2, 0) is 4.79 Å². The van der Waals surface area contributed by atoms with Crippen LogP contribution in [0.2, 0.25) is 0 Å². The maximum Gasteiger partial charge on any atom is 0.256 e. The van der Waals surface area contributed by atoms with E-state index in [0.29, 0.717) is 0 Å². The standard InChI is InChI=1S/C9H11NO2/c1-9(12)6-4-2-3-5-7(6)10-8(9)11/h2-4,7,12H,5H2,1H3,(H,10,11). The molecule has 0 aromatic rings. The van der Waals surface area contributed by atoms with Gasteiger partial charge in [0.2, 0.25) is 0 Å². The quantitative estimate of drug-likeness (QED) is 0.535. The molecule has 0 radical (unpaired) electrons. The number of aliphatic hydroxyl groups is 1. The Labute approximate surface area is 70.8 Å². The predicted octanol–water partition coefficient (Wildman–Crippen LogP) is 0.122. The predicted molar refractivity (Wildman–Crippen MR) is 44.4 cm³/mol. The molecular weight excluding hydrogens is 154 g/mol. The van der Waals surface area contributed by atoms with Crippen LogP contribution in [0.5, 0.6) is 0 Å². The molecule has 0 spiro atoms. The van der Waals surface area contributed by atoms with Gasteiger partial charge in [-0.2, -0.15) is 0 Å². The Kier molecular flexibility index (Phi) is 1.38. The molecule has 12 heavy (non-hydrogen) atoms. The van der Waals surface area contributed by atoms with E-state index in [9.17, 15) is 9.90 Å². The molecule has 1 amide bonds. The lowest BCUT2D eigenvalue weighted by Crippen LogP contribution is -2.35. The number of carbonyl (C=O) groups excluding carboxylic acids is 1. The summed E-state index contributed by atoms with van der Waals surface area (Å²) in [6.45, 7) is 1.54. The van der Waals surface area contributed by atoms with Gasteiger partial charge in [0.1, 0.15) is 0 Å². The molecule has 1 saturated heterocycles. The zero-order valence-electron chi connectivity index (χ0n) is 6.87. The Morgan fingerprint density at radius 2 is 2.50 bits per heavy atom. The molecule has 1 aliphatic heterocycles. The van der Waals surface area contributed by atoms with Crippen LogP contribution in [0, 0.1) is 0 Å². The van der Waals surface area contributed by atoms with Gasteiger partial charge in [-0.1, -0.05) is 18.2 Å². The average molecular weight is 165 g/mol. The number of allylic oxidation sites excluding steroid dienone is 2. The second-order valence-corrected chi connectivity index (χ2v) is 3.38. The molecule has 2 unspecified atom stereocenters. The van der Waals surface area contributed by atoms with Gasteiger partial charge in [0.05, 0.1) is 6.04 Å². The number of amides is 1. The Morgan fingerprint density at radius 1 is 1.75 bits per heavy atom. The lowest BCUT2D eigenvalue weighted by Gasteiger charge is -2.18. The van der Waals surface area contributed by atoms with E-state index in [-0.39, 0.29) is 11.9 Å². The minimum absolute atomic E-state index is 0.0116. The van der Waals surface area contributed by atoms with Crippen LogP contribution in [0.25, 0.3) is 0 Å². The molecule has 2 atom stereocenters. The van der Waals surface area contributed by atoms with Gasteiger partial charge in [0.25, 0.3) is 5.91 Å². The first-order chi connectivity index (χ1) is 5.62. The fraction of sp³-hybridized carbons (Fsp3) is 0.444. The van der Waals surface area contributed by atoms with Crippen molar-refractivity contribution in [2.24, 2.45) is 0 Å². The van der Waals surface area contributed by atoms with Gasteiger partial charge in [-0.25, -0.2) is 0 Å². The first-order valence-electron chi connectivity index (χ1n) is 4.03. The fourth-order valence-electron chi connectivity index (χ4n) is 1.70. The third kappa shape index (κ3) is 0.830. The Morgan fingerprint density at radius 3 is 3.17 bits per heavy atom. The summed E-state index contributed by atoms with van der Waals surface area (Å²) in [6.07, 6.45) is 6.45. The van der Waals surface area contributed by atoms with Crippen molar-refractivity contribution in [2.45, 2.75) is 25.0 Å². The summed E-state index contributed by atoms with van der Waals surface area (Å²) in [4.78, 5) is 11.2. The van der Waals surface area contributed by atoms with E-state index in [2.05, 4.69) is 5.32 Å². The molecule has 3 nitrogen and oxygen atoms in total. The van der Waals surface area contributed by atoms with Crippen LogP contribution < -0.4 is 5.32 Å². The monoisotopic (exact) mass is 165 g/mol. The van der Waals surface area contributed by atoms with Crippen LogP contribution in [0.4, 0.5) is 0 Å². The molecule has 3 heteroatoms. The number of hydrogen-bond donors (Lipinski definition) is 2. The highest BCUT2D eigenvalue weighted by Crippen LogP contribution is 2.30. The first kappa shape index (κ1) is 7.55. The number of rotatable bonds is 0. The lowest BCUT2D eigenvalue weighted by atomic mass is 9.90. The van der Waals surface area contributed by atoms with Gasteiger partial charge < -0.3 is 10.4 Å². The number of fused-ring (bicyclic) bond motifs is 1. The molecule has 1 fully saturated rings. The Hall–Kier alpha value is -1.09. The van der Waals surface area contributed by atoms with Crippen molar-refractivity contribution < 1.29 is 9.90 Å². The van der Waals surface area contributed by atoms with E-state index in [0.717, 1.165) is 12.0 Å². The summed E-state index contributed by atoms with van der Waals surface area (Å²) < 4.78 is 0. The summed E-state index contributed by atoms with van der Waals surface area (Å²) in [7, 11) is 0. The maximum atomic E-state index is 11.2. The van der Waals surface area contributed by atoms with Crippen molar-refractivity contribution >= 4 is 5.91 Å². The third-order valence-electron chi connectivity index (χ3n) is 2.47. The van der Waals surface area contributed by atoms with Crippen LogP contribution in [-0.4, -0.2) is 22.7 Å². The van der Waals surface area contributed by atoms with Gasteiger partial charge in [-0.05, 0) is 18.9 Å². The second kappa shape index (κ2) is 2.20. The SMILES string of the molecule is CC1(O)C(=O)NC2CC=CC=C21. The topological polar surface area (TPSA) is 49.3 Å². The smallest absolute Gasteiger partial charge is 0.256 e. The highest BCUT2D eigenvalue weighted by atomic mass is 16.3. The average Bonchev–Trinajstić information content (AvgIpc) is 2.25. The van der Waals surface area contributed by atoms with E-state index in [1.807, 2.05) is 18.2 Å². The first-order valence-corrected chi connectivity index (χ1v) is 4.03. The van der Waals surface area contributed by atoms with Crippen LogP contribution >= 0.6 is 0 Å². The molecule has 2 rings (SSSR count). The maximum absolute atomic E-state index is 11.2. The Bertz CT molecular complexity index is 289. The minimum Gasteiger partial charge on any atom is -0.376 e. The van der Waals surface area contributed by atoms with Crippen molar-refractivity contribution in [3.8, 4) is 0 Å². The van der Waals surface area contributed by atoms with Gasteiger partial charge in [0, 0.05) is 0 Å². The van der Waals surface area contributed by atoms with E-state index >= 15 is 0 Å². The minimum atomic E-state index is -1.30. The summed E-state index contributed by atoms with van der Waals surface area (Å²) in [5, 5.41) is 12.5. The molecule has 1 heterocycles. The van der Waals surface area contributed by atoms with E-state index in [1.54, 1.807) is 0 Å². The van der Waals surface area contributed by atoms with Crippen molar-refractivity contribution in [1.29, 1.82) is 0 Å². The van der Waals surface area contributed by atoms with Crippen LogP contribution in [0.15, 0.2) is 23.8 Å². The molecule has 0 aromatic heterocycles. The number of carbonyl (C=O) groups is 1. The van der Waals surface area contributed by atoms with Gasteiger partial charge in [-0.15, -0.1) is 0 Å². The third-order valence-corrected chi connectivity index (χ3v) is 2.47. The molecule has 0 bridgehead atoms. The van der Waals surface area contributed by atoms with Gasteiger partial charge in [-0.3, -0.25) is 4.79 Å². The summed E-state index contributed by atoms with van der Waals surface area (Å²) in [5.74, 6) is -0.289. The van der Waals surface area contributed by atoms with Crippen molar-refractivity contribution in [3.05, 3.63) is 23.8 Å². The number of nitrogens with one attached hydrogen (secondary N) is 1. The van der Waals surface area contributed by atoms with E-state index in [4.69, 9.17) is 0 Å².